The number of hydrogen-bond donors (Lipinski definition) is 0. The van der Waals surface area contributed by atoms with E-state index in [9.17, 15) is 48.7 Å². The zero-order valence-electron chi connectivity index (χ0n) is 11.6. The van der Waals surface area contributed by atoms with Gasteiger partial charge in [0.15, 0.2) is 6.17 Å². The molecule has 0 aromatic carbocycles. The molecule has 138 valence electrons. The van der Waals surface area contributed by atoms with Crippen molar-refractivity contribution in [2.24, 2.45) is 0 Å². The molecular formula is C12H8F10O2. The Morgan fingerprint density at radius 1 is 0.833 bits per heavy atom. The van der Waals surface area contributed by atoms with Gasteiger partial charge < -0.3 is 4.74 Å². The molecule has 24 heavy (non-hydrogen) atoms. The van der Waals surface area contributed by atoms with Crippen molar-refractivity contribution in [2.45, 2.75) is 66.3 Å². The van der Waals surface area contributed by atoms with Gasteiger partial charge in [-0.1, -0.05) is 0 Å². The van der Waals surface area contributed by atoms with Crippen molar-refractivity contribution in [1.29, 1.82) is 0 Å². The van der Waals surface area contributed by atoms with Crippen LogP contribution in [0.2, 0.25) is 0 Å². The number of halogens is 10. The van der Waals surface area contributed by atoms with Gasteiger partial charge in [0.1, 0.15) is 0 Å². The monoisotopic (exact) mass is 374 g/mol. The molecule has 4 fully saturated rings. The minimum atomic E-state index is -6.06. The van der Waals surface area contributed by atoms with Crippen molar-refractivity contribution < 1.29 is 53.4 Å². The van der Waals surface area contributed by atoms with Crippen LogP contribution in [0.15, 0.2) is 0 Å². The van der Waals surface area contributed by atoms with Gasteiger partial charge in [-0.3, -0.25) is 4.79 Å². The molecule has 0 N–H and O–H groups in total. The molecule has 4 rings (SSSR count). The Labute approximate surface area is 127 Å². The van der Waals surface area contributed by atoms with E-state index in [0.29, 0.717) is 6.92 Å². The summed E-state index contributed by atoms with van der Waals surface area (Å²) < 4.78 is 146. The third-order valence-electron chi connectivity index (χ3n) is 5.19. The standard InChI is InChI=1S/C12H8F10O2/c1-4(23)24-7-3-9(16)10(17,18)6(14,5(7)13)2-8(15,11(7,19)20)12(9,21)22/h5H,2-3H2,1H3/t5?,6-,7-,8+,9+/m1/s1. The summed E-state index contributed by atoms with van der Waals surface area (Å²) in [7, 11) is 0. The quantitative estimate of drug-likeness (QED) is 0.519. The summed E-state index contributed by atoms with van der Waals surface area (Å²) in [6, 6.07) is 0. The summed E-state index contributed by atoms with van der Waals surface area (Å²) >= 11 is 0. The minimum Gasteiger partial charge on any atom is -0.449 e. The second kappa shape index (κ2) is 3.79. The minimum absolute atomic E-state index is 0.346. The molecule has 0 aromatic heterocycles. The Bertz CT molecular complexity index is 631. The Morgan fingerprint density at radius 2 is 1.29 bits per heavy atom. The van der Waals surface area contributed by atoms with Crippen LogP contribution in [0.25, 0.3) is 0 Å². The normalized spacial score (nSPS) is 53.0. The van der Waals surface area contributed by atoms with Crippen molar-refractivity contribution in [2.75, 3.05) is 0 Å². The van der Waals surface area contributed by atoms with E-state index in [1.807, 2.05) is 0 Å². The molecule has 12 heteroatoms. The van der Waals surface area contributed by atoms with Crippen molar-refractivity contribution >= 4 is 5.97 Å². The highest BCUT2D eigenvalue weighted by Crippen LogP contribution is 2.79. The maximum Gasteiger partial charge on any atom is 0.329 e. The fourth-order valence-electron chi connectivity index (χ4n) is 4.03. The predicted octanol–water partition coefficient (Wildman–Crippen LogP) is 3.48. The Hall–Kier alpha value is -1.23. The van der Waals surface area contributed by atoms with E-state index >= 15 is 0 Å². The lowest BCUT2D eigenvalue weighted by Gasteiger charge is -2.69. The number of ether oxygens (including phenoxy) is 1. The number of rotatable bonds is 1. The topological polar surface area (TPSA) is 26.3 Å². The molecule has 4 aliphatic carbocycles. The second-order valence-corrected chi connectivity index (χ2v) is 6.39. The number of alkyl halides is 10. The third-order valence-corrected chi connectivity index (χ3v) is 5.19. The average Bonchev–Trinajstić information content (AvgIpc) is 2.39. The lowest BCUT2D eigenvalue weighted by molar-refractivity contribution is -0.494. The van der Waals surface area contributed by atoms with E-state index in [2.05, 4.69) is 4.74 Å². The number of hydrogen-bond acceptors (Lipinski definition) is 2. The maximum absolute atomic E-state index is 14.5. The molecule has 0 radical (unpaired) electrons. The molecule has 0 amide bonds. The smallest absolute Gasteiger partial charge is 0.329 e. The molecule has 5 atom stereocenters. The Kier molecular flexibility index (Phi) is 2.78. The summed E-state index contributed by atoms with van der Waals surface area (Å²) in [5, 5.41) is 0. The molecule has 0 aliphatic heterocycles. The fourth-order valence-corrected chi connectivity index (χ4v) is 4.03. The van der Waals surface area contributed by atoms with Gasteiger partial charge in [-0.05, 0) is 0 Å². The highest BCUT2D eigenvalue weighted by atomic mass is 19.3. The van der Waals surface area contributed by atoms with E-state index < -0.39 is 65.4 Å². The molecule has 4 saturated carbocycles. The van der Waals surface area contributed by atoms with Crippen molar-refractivity contribution in [1.82, 2.24) is 0 Å². The van der Waals surface area contributed by atoms with Gasteiger partial charge >= 0.3 is 23.7 Å². The Balaban J connectivity index is 2.40. The zero-order valence-corrected chi connectivity index (χ0v) is 11.6. The van der Waals surface area contributed by atoms with Crippen LogP contribution in [0.3, 0.4) is 0 Å². The summed E-state index contributed by atoms with van der Waals surface area (Å²) in [5.74, 6) is -19.4. The molecule has 2 nitrogen and oxygen atoms in total. The molecule has 0 aromatic rings. The average molecular weight is 374 g/mol. The van der Waals surface area contributed by atoms with E-state index in [1.165, 1.54) is 0 Å². The first-order chi connectivity index (χ1) is 10.5. The van der Waals surface area contributed by atoms with E-state index in [-0.39, 0.29) is 0 Å². The molecule has 0 heterocycles. The second-order valence-electron chi connectivity index (χ2n) is 6.39. The summed E-state index contributed by atoms with van der Waals surface area (Å²) in [4.78, 5) is 10.9. The van der Waals surface area contributed by atoms with Gasteiger partial charge in [-0.25, -0.2) is 17.6 Å². The molecule has 1 unspecified atom stereocenters. The van der Waals surface area contributed by atoms with Crippen molar-refractivity contribution in [3.8, 4) is 0 Å². The predicted molar refractivity (Wildman–Crippen MR) is 55.0 cm³/mol. The van der Waals surface area contributed by atoms with Gasteiger partial charge in [0.05, 0.1) is 0 Å². The highest BCUT2D eigenvalue weighted by molar-refractivity contribution is 5.67. The van der Waals surface area contributed by atoms with E-state index in [0.717, 1.165) is 0 Å². The SMILES string of the molecule is CC(=O)O[C@]12C[C@@]3(F)C(F)(F)[C@](F)(C[C@@](F)(C1F)C3(F)F)C2(F)F. The fraction of sp³-hybridized carbons (Fsp3) is 0.917. The van der Waals surface area contributed by atoms with Gasteiger partial charge in [0.2, 0.25) is 22.6 Å². The van der Waals surface area contributed by atoms with E-state index in [1.54, 1.807) is 0 Å². The third kappa shape index (κ3) is 1.21. The first-order valence-electron chi connectivity index (χ1n) is 6.52. The number of esters is 1. The van der Waals surface area contributed by atoms with E-state index in [4.69, 9.17) is 0 Å². The largest absolute Gasteiger partial charge is 0.449 e. The first-order valence-corrected chi connectivity index (χ1v) is 6.52. The van der Waals surface area contributed by atoms with Crippen LogP contribution in [-0.4, -0.2) is 52.5 Å². The maximum atomic E-state index is 14.5. The lowest BCUT2D eigenvalue weighted by Crippen LogP contribution is -2.96. The first kappa shape index (κ1) is 17.6. The van der Waals surface area contributed by atoms with Crippen molar-refractivity contribution in [3.05, 3.63) is 0 Å². The van der Waals surface area contributed by atoms with Gasteiger partial charge in [0, 0.05) is 19.8 Å². The van der Waals surface area contributed by atoms with Crippen molar-refractivity contribution in [3.63, 3.8) is 0 Å². The highest BCUT2D eigenvalue weighted by Gasteiger charge is 3.05. The summed E-state index contributed by atoms with van der Waals surface area (Å²) in [6.07, 6.45) is -9.92. The molecule has 0 spiro atoms. The lowest BCUT2D eigenvalue weighted by atomic mass is 9.44. The number of carbonyl (C=O) groups excluding carboxylic acids is 1. The Morgan fingerprint density at radius 3 is 1.75 bits per heavy atom. The van der Waals surface area contributed by atoms with Crippen LogP contribution in [0.4, 0.5) is 43.9 Å². The summed E-state index contributed by atoms with van der Waals surface area (Å²) in [5.41, 5.74) is -20.5. The van der Waals surface area contributed by atoms with Gasteiger partial charge in [-0.15, -0.1) is 0 Å². The molecule has 4 aliphatic rings. The molecular weight excluding hydrogens is 366 g/mol. The van der Waals surface area contributed by atoms with Crippen LogP contribution >= 0.6 is 0 Å². The summed E-state index contributed by atoms with van der Waals surface area (Å²) in [6.45, 7) is 0.346. The van der Waals surface area contributed by atoms with Crippen LogP contribution in [0.5, 0.6) is 0 Å². The van der Waals surface area contributed by atoms with Crippen LogP contribution in [0, 0.1) is 0 Å². The van der Waals surface area contributed by atoms with Gasteiger partial charge in [-0.2, -0.15) is 26.3 Å². The molecule has 0 saturated heterocycles. The zero-order chi connectivity index (χ0) is 18.8. The number of carbonyl (C=O) groups is 1. The van der Waals surface area contributed by atoms with Gasteiger partial charge in [0.25, 0.3) is 0 Å². The van der Waals surface area contributed by atoms with Crippen LogP contribution in [-0.2, 0) is 9.53 Å². The molecule has 4 bridgehead atoms. The van der Waals surface area contributed by atoms with Crippen LogP contribution < -0.4 is 0 Å². The van der Waals surface area contributed by atoms with Crippen LogP contribution in [0.1, 0.15) is 19.8 Å².